The van der Waals surface area contributed by atoms with Crippen molar-refractivity contribution in [3.05, 3.63) is 82.8 Å². The number of nitrogens with zero attached hydrogens (tertiary/aromatic N) is 1. The number of hydrogen-bond acceptors (Lipinski definition) is 10. The number of aliphatic hydroxyl groups is 1. The fourth-order valence-electron chi connectivity index (χ4n) is 4.26. The van der Waals surface area contributed by atoms with Gasteiger partial charge in [0.25, 0.3) is 0 Å². The van der Waals surface area contributed by atoms with E-state index in [0.717, 1.165) is 5.56 Å². The number of carbonyl (C=O) groups is 3. The number of hydrogen-bond donors (Lipinski definition) is 4. The van der Waals surface area contributed by atoms with Crippen LogP contribution in [0.25, 0.3) is 11.3 Å². The molecule has 1 aliphatic rings. The van der Waals surface area contributed by atoms with E-state index >= 15 is 0 Å². The average molecular weight is 577 g/mol. The highest BCUT2D eigenvalue weighted by Gasteiger charge is 2.32. The Hall–Kier alpha value is -5.10. The molecule has 12 heteroatoms. The average Bonchev–Trinajstić information content (AvgIpc) is 3.45. The molecular weight excluding hydrogens is 544 g/mol. The zero-order valence-corrected chi connectivity index (χ0v) is 23.6. The summed E-state index contributed by atoms with van der Waals surface area (Å²) in [5.41, 5.74) is 5.23. The monoisotopic (exact) mass is 576 g/mol. The van der Waals surface area contributed by atoms with Crippen molar-refractivity contribution in [2.75, 3.05) is 20.3 Å². The minimum absolute atomic E-state index is 0.0116. The lowest BCUT2D eigenvalue weighted by Crippen LogP contribution is -2.45. The minimum atomic E-state index is -1.16. The van der Waals surface area contributed by atoms with Gasteiger partial charge in [0.2, 0.25) is 0 Å². The molecule has 2 aromatic carbocycles. The van der Waals surface area contributed by atoms with E-state index in [1.54, 1.807) is 68.4 Å². The van der Waals surface area contributed by atoms with E-state index in [0.29, 0.717) is 46.5 Å². The zero-order valence-electron chi connectivity index (χ0n) is 23.6. The summed E-state index contributed by atoms with van der Waals surface area (Å²) in [5.74, 6) is 1.18. The van der Waals surface area contributed by atoms with Crippen LogP contribution in [0.4, 0.5) is 4.79 Å². The van der Waals surface area contributed by atoms with Crippen LogP contribution in [-0.4, -0.2) is 55.7 Å². The molecule has 4 N–H and O–H groups in total. The van der Waals surface area contributed by atoms with Crippen molar-refractivity contribution in [2.24, 2.45) is 5.10 Å². The molecule has 1 aromatic heterocycles. The van der Waals surface area contributed by atoms with E-state index in [1.165, 1.54) is 20.2 Å². The molecule has 220 valence electrons. The first-order valence-electron chi connectivity index (χ1n) is 13.1. The quantitative estimate of drug-likeness (QED) is 0.0829. The number of ether oxygens (including phenoxy) is 3. The molecule has 0 bridgehead atoms. The van der Waals surface area contributed by atoms with Gasteiger partial charge in [-0.3, -0.25) is 10.2 Å². The summed E-state index contributed by atoms with van der Waals surface area (Å²) >= 11 is 0. The first kappa shape index (κ1) is 29.9. The molecule has 0 radical (unpaired) electrons. The molecule has 1 aliphatic heterocycles. The number of benzene rings is 2. The number of ketones is 1. The maximum atomic E-state index is 12.4. The van der Waals surface area contributed by atoms with Crippen molar-refractivity contribution >= 4 is 24.0 Å². The van der Waals surface area contributed by atoms with Crippen molar-refractivity contribution in [3.63, 3.8) is 0 Å². The maximum Gasteiger partial charge on any atom is 0.337 e. The highest BCUT2D eigenvalue weighted by Crippen LogP contribution is 2.35. The molecular formula is C30H32N4O8. The number of allylic oxidation sites excluding steroid dienone is 1. The van der Waals surface area contributed by atoms with Crippen molar-refractivity contribution in [1.29, 1.82) is 0 Å². The van der Waals surface area contributed by atoms with Gasteiger partial charge in [-0.1, -0.05) is 30.3 Å². The number of aliphatic hydroxyl groups excluding tert-OH is 1. The number of nitrogens with one attached hydrogen (secondary N) is 3. The van der Waals surface area contributed by atoms with Crippen molar-refractivity contribution in [3.8, 4) is 22.8 Å². The van der Waals surface area contributed by atoms with Crippen LogP contribution >= 0.6 is 0 Å². The van der Waals surface area contributed by atoms with Gasteiger partial charge in [0.05, 0.1) is 31.5 Å². The number of amides is 2. The Morgan fingerprint density at radius 2 is 1.88 bits per heavy atom. The summed E-state index contributed by atoms with van der Waals surface area (Å²) in [5, 5.41) is 19.7. The standard InChI is InChI=1S/C30H32N4O8/c1-5-40-25-14-21(28-27(29(37)39-4)17(2)32-30(38)33-28)10-12-24(25)41-16-26(36)34-31-15-22-11-13-23(42-22)20-8-6-19(7-9-20)18(3)35/h6-15,26,28,34,36H,5,16H2,1-4H3,(H2,32,33,38)/b31-15+/t26-,28+/m1/s1. The SMILES string of the molecule is CCOc1cc([C@@H]2NC(=O)NC(C)=C2C(=O)OC)ccc1OC[C@@H](O)N/N=C/c1ccc(-c2ccc(C(C)=O)cc2)o1. The van der Waals surface area contributed by atoms with Gasteiger partial charge >= 0.3 is 12.0 Å². The first-order chi connectivity index (χ1) is 20.2. The van der Waals surface area contributed by atoms with Gasteiger partial charge in [-0.05, 0) is 50.6 Å². The van der Waals surface area contributed by atoms with Crippen LogP contribution < -0.4 is 25.5 Å². The van der Waals surface area contributed by atoms with E-state index in [-0.39, 0.29) is 18.0 Å². The van der Waals surface area contributed by atoms with Gasteiger partial charge in [-0.15, -0.1) is 0 Å². The molecule has 4 rings (SSSR count). The van der Waals surface area contributed by atoms with Crippen LogP contribution in [0, 0.1) is 0 Å². The lowest BCUT2D eigenvalue weighted by Gasteiger charge is -2.28. The molecule has 0 spiro atoms. The van der Waals surface area contributed by atoms with Crippen LogP contribution in [0.15, 0.2) is 75.4 Å². The molecule has 2 heterocycles. The van der Waals surface area contributed by atoms with Crippen LogP contribution in [0.5, 0.6) is 11.5 Å². The normalized spacial score (nSPS) is 15.5. The second kappa shape index (κ2) is 13.5. The number of hydrazone groups is 1. The number of methoxy groups -OCH3 is 1. The Kier molecular flexibility index (Phi) is 9.61. The van der Waals surface area contributed by atoms with E-state index in [9.17, 15) is 19.5 Å². The predicted molar refractivity (Wildman–Crippen MR) is 153 cm³/mol. The van der Waals surface area contributed by atoms with Crippen LogP contribution in [0.2, 0.25) is 0 Å². The summed E-state index contributed by atoms with van der Waals surface area (Å²) in [7, 11) is 1.27. The summed E-state index contributed by atoms with van der Waals surface area (Å²) in [4.78, 5) is 36.0. The van der Waals surface area contributed by atoms with Gasteiger partial charge in [0.1, 0.15) is 18.1 Å². The van der Waals surface area contributed by atoms with E-state index < -0.39 is 24.3 Å². The van der Waals surface area contributed by atoms with Gasteiger partial charge in [-0.25, -0.2) is 9.59 Å². The molecule has 0 saturated heterocycles. The highest BCUT2D eigenvalue weighted by molar-refractivity contribution is 5.95. The van der Waals surface area contributed by atoms with E-state index in [1.807, 2.05) is 0 Å². The number of urea groups is 1. The lowest BCUT2D eigenvalue weighted by molar-refractivity contribution is -0.136. The number of Topliss-reactive ketones (excluding diaryl/α,β-unsaturated/α-hetero) is 1. The zero-order chi connectivity index (χ0) is 30.2. The summed E-state index contributed by atoms with van der Waals surface area (Å²) in [6.07, 6.45) is 0.253. The first-order valence-corrected chi connectivity index (χ1v) is 13.1. The predicted octanol–water partition coefficient (Wildman–Crippen LogP) is 3.67. The smallest absolute Gasteiger partial charge is 0.337 e. The molecule has 42 heavy (non-hydrogen) atoms. The van der Waals surface area contributed by atoms with Gasteiger partial charge < -0.3 is 34.4 Å². The second-order valence-corrected chi connectivity index (χ2v) is 9.25. The molecule has 0 aliphatic carbocycles. The molecule has 2 amide bonds. The molecule has 0 saturated carbocycles. The Bertz CT molecular complexity index is 1510. The summed E-state index contributed by atoms with van der Waals surface area (Å²) in [6.45, 7) is 5.10. The van der Waals surface area contributed by atoms with Crippen molar-refractivity contribution in [2.45, 2.75) is 33.0 Å². The van der Waals surface area contributed by atoms with E-state index in [2.05, 4.69) is 21.2 Å². The molecule has 0 unspecified atom stereocenters. The third-order valence-electron chi connectivity index (χ3n) is 6.29. The van der Waals surface area contributed by atoms with Gasteiger partial charge in [0.15, 0.2) is 23.5 Å². The third kappa shape index (κ3) is 7.15. The van der Waals surface area contributed by atoms with Crippen molar-refractivity contribution in [1.82, 2.24) is 16.1 Å². The Balaban J connectivity index is 1.38. The third-order valence-corrected chi connectivity index (χ3v) is 6.29. The largest absolute Gasteiger partial charge is 0.490 e. The summed E-state index contributed by atoms with van der Waals surface area (Å²) < 4.78 is 22.1. The molecule has 3 aromatic rings. The van der Waals surface area contributed by atoms with Crippen molar-refractivity contribution < 1.29 is 38.1 Å². The topological polar surface area (TPSA) is 161 Å². The van der Waals surface area contributed by atoms with Gasteiger partial charge in [0, 0.05) is 16.8 Å². The van der Waals surface area contributed by atoms with Crippen LogP contribution in [0.1, 0.15) is 48.5 Å². The number of carbonyl (C=O) groups excluding carboxylic acids is 3. The van der Waals surface area contributed by atoms with Crippen LogP contribution in [0.3, 0.4) is 0 Å². The summed E-state index contributed by atoms with van der Waals surface area (Å²) in [6, 6.07) is 14.3. The fourth-order valence-corrected chi connectivity index (χ4v) is 4.26. The Morgan fingerprint density at radius 3 is 2.57 bits per heavy atom. The Morgan fingerprint density at radius 1 is 1.12 bits per heavy atom. The molecule has 12 nitrogen and oxygen atoms in total. The number of esters is 1. The van der Waals surface area contributed by atoms with Crippen LogP contribution in [-0.2, 0) is 9.53 Å². The van der Waals surface area contributed by atoms with E-state index in [4.69, 9.17) is 18.6 Å². The minimum Gasteiger partial charge on any atom is -0.490 e. The maximum absolute atomic E-state index is 12.4. The van der Waals surface area contributed by atoms with Gasteiger partial charge in [-0.2, -0.15) is 5.10 Å². The highest BCUT2D eigenvalue weighted by atomic mass is 16.5. The second-order valence-electron chi connectivity index (χ2n) is 9.25. The molecule has 0 fully saturated rings. The number of furan rings is 1. The Labute approximate surface area is 242 Å². The number of rotatable bonds is 12. The lowest BCUT2D eigenvalue weighted by atomic mass is 9.95. The fraction of sp³-hybridized carbons (Fsp3) is 0.267. The molecule has 2 atom stereocenters.